The van der Waals surface area contributed by atoms with Gasteiger partial charge >= 0.3 is 0 Å². The number of carbonyl (C=O) groups excluding carboxylic acids is 1. The standard InChI is InChI=1S/C17H30N4O2.HI/c1-20(2)15(22)11-19-16(18-10-14-4-9-23-12-14)21-8-7-17(13-21)5-3-6-17;/h14H,3-13H2,1-2H3,(H,18,19);1H. The van der Waals surface area contributed by atoms with Gasteiger partial charge in [0.25, 0.3) is 0 Å². The summed E-state index contributed by atoms with van der Waals surface area (Å²) in [7, 11) is 3.56. The second-order valence-electron chi connectivity index (χ2n) is 7.56. The minimum absolute atomic E-state index is 0. The third-order valence-electron chi connectivity index (χ3n) is 5.59. The molecule has 0 aromatic carbocycles. The quantitative estimate of drug-likeness (QED) is 0.401. The number of likely N-dealkylation sites (tertiary alicyclic amines) is 1. The molecule has 3 rings (SSSR count). The number of nitrogens with one attached hydrogen (secondary N) is 1. The summed E-state index contributed by atoms with van der Waals surface area (Å²) in [5, 5.41) is 3.51. The van der Waals surface area contributed by atoms with Crippen LogP contribution in [0.5, 0.6) is 0 Å². The van der Waals surface area contributed by atoms with E-state index < -0.39 is 0 Å². The van der Waals surface area contributed by atoms with Crippen molar-refractivity contribution in [1.82, 2.24) is 15.1 Å². The topological polar surface area (TPSA) is 57.2 Å². The lowest BCUT2D eigenvalue weighted by atomic mass is 9.68. The van der Waals surface area contributed by atoms with Gasteiger partial charge in [-0.25, -0.2) is 4.99 Å². The van der Waals surface area contributed by atoms with Crippen LogP contribution in [0.15, 0.2) is 4.99 Å². The number of ether oxygens (including phenoxy) is 1. The van der Waals surface area contributed by atoms with Crippen molar-refractivity contribution >= 4 is 35.8 Å². The summed E-state index contributed by atoms with van der Waals surface area (Å²) in [5.74, 6) is 1.52. The Morgan fingerprint density at radius 1 is 1.38 bits per heavy atom. The first kappa shape index (κ1) is 19.8. The van der Waals surface area contributed by atoms with Crippen LogP contribution in [0.4, 0.5) is 0 Å². The Hall–Kier alpha value is -0.570. The molecule has 1 spiro atoms. The van der Waals surface area contributed by atoms with Crippen molar-refractivity contribution in [3.63, 3.8) is 0 Å². The van der Waals surface area contributed by atoms with Gasteiger partial charge in [0.1, 0.15) is 6.54 Å². The molecule has 1 N–H and O–H groups in total. The number of amides is 1. The van der Waals surface area contributed by atoms with Gasteiger partial charge < -0.3 is 19.9 Å². The van der Waals surface area contributed by atoms with Crippen molar-refractivity contribution in [2.45, 2.75) is 32.1 Å². The van der Waals surface area contributed by atoms with E-state index in [0.717, 1.165) is 45.2 Å². The average molecular weight is 450 g/mol. The maximum absolute atomic E-state index is 11.9. The zero-order valence-corrected chi connectivity index (χ0v) is 17.3. The fourth-order valence-corrected chi connectivity index (χ4v) is 3.73. The van der Waals surface area contributed by atoms with Crippen molar-refractivity contribution in [3.05, 3.63) is 0 Å². The molecule has 1 amide bonds. The van der Waals surface area contributed by atoms with Crippen LogP contribution in [0.3, 0.4) is 0 Å². The molecular formula is C17H31IN4O2. The number of nitrogens with zero attached hydrogens (tertiary/aromatic N) is 3. The third-order valence-corrected chi connectivity index (χ3v) is 5.59. The number of aliphatic imine (C=N–C) groups is 1. The number of halogens is 1. The number of guanidine groups is 1. The van der Waals surface area contributed by atoms with E-state index >= 15 is 0 Å². The van der Waals surface area contributed by atoms with Gasteiger partial charge in [0.15, 0.2) is 5.96 Å². The van der Waals surface area contributed by atoms with Gasteiger partial charge in [-0.2, -0.15) is 0 Å². The number of hydrogen-bond acceptors (Lipinski definition) is 3. The zero-order valence-electron chi connectivity index (χ0n) is 14.9. The molecule has 0 radical (unpaired) electrons. The monoisotopic (exact) mass is 450 g/mol. The zero-order chi connectivity index (χ0) is 16.3. The first-order valence-corrected chi connectivity index (χ1v) is 8.89. The second kappa shape index (κ2) is 8.69. The van der Waals surface area contributed by atoms with Gasteiger partial charge in [0, 0.05) is 46.3 Å². The molecule has 1 unspecified atom stereocenters. The van der Waals surface area contributed by atoms with E-state index in [1.165, 1.54) is 25.7 Å². The Labute approximate surface area is 162 Å². The van der Waals surface area contributed by atoms with Crippen molar-refractivity contribution in [3.8, 4) is 0 Å². The summed E-state index contributed by atoms with van der Waals surface area (Å²) < 4.78 is 5.45. The van der Waals surface area contributed by atoms with E-state index in [-0.39, 0.29) is 36.4 Å². The first-order chi connectivity index (χ1) is 11.1. The van der Waals surface area contributed by atoms with Gasteiger partial charge in [-0.3, -0.25) is 4.79 Å². The van der Waals surface area contributed by atoms with Crippen molar-refractivity contribution in [1.29, 1.82) is 0 Å². The highest BCUT2D eigenvalue weighted by Crippen LogP contribution is 2.47. The summed E-state index contributed by atoms with van der Waals surface area (Å²) in [6, 6.07) is 0. The predicted molar refractivity (Wildman–Crippen MR) is 106 cm³/mol. The van der Waals surface area contributed by atoms with Gasteiger partial charge in [0.2, 0.25) is 5.91 Å². The number of rotatable bonds is 4. The highest BCUT2D eigenvalue weighted by Gasteiger charge is 2.43. The molecule has 1 atom stereocenters. The predicted octanol–water partition coefficient (Wildman–Crippen LogP) is 1.55. The molecule has 2 aliphatic heterocycles. The molecular weight excluding hydrogens is 419 g/mol. The Kier molecular flexibility index (Phi) is 7.15. The largest absolute Gasteiger partial charge is 0.381 e. The van der Waals surface area contributed by atoms with Gasteiger partial charge in [-0.05, 0) is 31.1 Å². The molecule has 1 aliphatic carbocycles. The molecule has 3 fully saturated rings. The lowest BCUT2D eigenvalue weighted by Gasteiger charge is -2.38. The summed E-state index contributed by atoms with van der Waals surface area (Å²) in [5.41, 5.74) is 0.532. The SMILES string of the molecule is CN(C)C(=O)CN=C(NCC1CCOC1)N1CCC2(CCC2)C1.I. The average Bonchev–Trinajstić information content (AvgIpc) is 3.15. The van der Waals surface area contributed by atoms with E-state index in [0.29, 0.717) is 11.3 Å². The van der Waals surface area contributed by atoms with E-state index in [1.54, 1.807) is 19.0 Å². The van der Waals surface area contributed by atoms with Crippen LogP contribution in [-0.2, 0) is 9.53 Å². The molecule has 24 heavy (non-hydrogen) atoms. The Morgan fingerprint density at radius 3 is 2.71 bits per heavy atom. The summed E-state index contributed by atoms with van der Waals surface area (Å²) in [6.45, 7) is 4.96. The van der Waals surface area contributed by atoms with Crippen LogP contribution in [0, 0.1) is 11.3 Å². The molecule has 7 heteroatoms. The molecule has 0 aromatic heterocycles. The second-order valence-corrected chi connectivity index (χ2v) is 7.56. The first-order valence-electron chi connectivity index (χ1n) is 8.89. The lowest BCUT2D eigenvalue weighted by Crippen LogP contribution is -2.44. The maximum Gasteiger partial charge on any atom is 0.243 e. The van der Waals surface area contributed by atoms with Gasteiger partial charge in [0.05, 0.1) is 6.61 Å². The van der Waals surface area contributed by atoms with Crippen molar-refractivity contribution in [2.75, 3.05) is 53.5 Å². The van der Waals surface area contributed by atoms with E-state index in [2.05, 4.69) is 15.2 Å². The minimum atomic E-state index is 0. The maximum atomic E-state index is 11.9. The Morgan fingerprint density at radius 2 is 2.17 bits per heavy atom. The molecule has 6 nitrogen and oxygen atoms in total. The van der Waals surface area contributed by atoms with Crippen LogP contribution < -0.4 is 5.32 Å². The number of hydrogen-bond donors (Lipinski definition) is 1. The minimum Gasteiger partial charge on any atom is -0.381 e. The van der Waals surface area contributed by atoms with Crippen LogP contribution in [0.25, 0.3) is 0 Å². The summed E-state index contributed by atoms with van der Waals surface area (Å²) in [6.07, 6.45) is 6.45. The molecule has 0 bridgehead atoms. The summed E-state index contributed by atoms with van der Waals surface area (Å²) in [4.78, 5) is 20.4. The van der Waals surface area contributed by atoms with Crippen LogP contribution in [0.1, 0.15) is 32.1 Å². The van der Waals surface area contributed by atoms with E-state index in [1.807, 2.05) is 0 Å². The Balaban J connectivity index is 0.00000208. The molecule has 1 saturated carbocycles. The van der Waals surface area contributed by atoms with Crippen molar-refractivity contribution < 1.29 is 9.53 Å². The molecule has 138 valence electrons. The van der Waals surface area contributed by atoms with Crippen LogP contribution in [-0.4, -0.2) is 75.2 Å². The van der Waals surface area contributed by atoms with E-state index in [4.69, 9.17) is 4.74 Å². The number of likely N-dealkylation sites (N-methyl/N-ethyl adjacent to an activating group) is 1. The highest BCUT2D eigenvalue weighted by molar-refractivity contribution is 14.0. The van der Waals surface area contributed by atoms with E-state index in [9.17, 15) is 4.79 Å². The Bertz CT molecular complexity index is 460. The number of carbonyl (C=O) groups is 1. The molecule has 0 aromatic rings. The van der Waals surface area contributed by atoms with Crippen molar-refractivity contribution in [2.24, 2.45) is 16.3 Å². The normalized spacial score (nSPS) is 25.3. The summed E-state index contributed by atoms with van der Waals surface area (Å²) >= 11 is 0. The fraction of sp³-hybridized carbons (Fsp3) is 0.882. The molecule has 2 heterocycles. The fourth-order valence-electron chi connectivity index (χ4n) is 3.73. The molecule has 2 saturated heterocycles. The smallest absolute Gasteiger partial charge is 0.243 e. The third kappa shape index (κ3) is 4.74. The molecule has 3 aliphatic rings. The van der Waals surface area contributed by atoms with Crippen LogP contribution >= 0.6 is 24.0 Å². The highest BCUT2D eigenvalue weighted by atomic mass is 127. The van der Waals surface area contributed by atoms with Gasteiger partial charge in [-0.1, -0.05) is 6.42 Å². The van der Waals surface area contributed by atoms with Crippen LogP contribution in [0.2, 0.25) is 0 Å². The van der Waals surface area contributed by atoms with Gasteiger partial charge in [-0.15, -0.1) is 24.0 Å². The lowest BCUT2D eigenvalue weighted by molar-refractivity contribution is -0.127.